The molecule has 0 bridgehead atoms. The average Bonchev–Trinajstić information content (AvgIpc) is 2.46. The number of amides is 2. The smallest absolute Gasteiger partial charge is 0.314 e. The molecule has 0 aliphatic heterocycles. The van der Waals surface area contributed by atoms with E-state index in [4.69, 9.17) is 0 Å². The Morgan fingerprint density at radius 2 is 2.00 bits per heavy atom. The first kappa shape index (κ1) is 15.8. The van der Waals surface area contributed by atoms with Crippen molar-refractivity contribution in [2.45, 2.75) is 44.1 Å². The minimum absolute atomic E-state index is 0.267. The van der Waals surface area contributed by atoms with Gasteiger partial charge in [-0.15, -0.1) is 0 Å². The van der Waals surface area contributed by atoms with Gasteiger partial charge >= 0.3 is 6.03 Å². The SMILES string of the molecule is O=C(NCCc1cccc(F)c1)NCC1(O)CCCCC1. The number of benzene rings is 1. The van der Waals surface area contributed by atoms with Gasteiger partial charge in [-0.1, -0.05) is 31.4 Å². The number of carbonyl (C=O) groups excluding carboxylic acids is 1. The Kier molecular flexibility index (Phi) is 5.56. The molecule has 116 valence electrons. The maximum Gasteiger partial charge on any atom is 0.314 e. The van der Waals surface area contributed by atoms with E-state index in [1.807, 2.05) is 6.07 Å². The normalized spacial score (nSPS) is 17.2. The minimum atomic E-state index is -0.752. The standard InChI is InChI=1S/C16H23FN2O2/c17-14-6-4-5-13(11-14)7-10-18-15(20)19-12-16(21)8-2-1-3-9-16/h4-6,11,21H,1-3,7-10,12H2,(H2,18,19,20). The lowest BCUT2D eigenvalue weighted by atomic mass is 9.85. The first-order valence-corrected chi connectivity index (χ1v) is 7.56. The second-order valence-corrected chi connectivity index (χ2v) is 5.77. The van der Waals surface area contributed by atoms with Crippen LogP contribution in [0.1, 0.15) is 37.7 Å². The zero-order valence-corrected chi connectivity index (χ0v) is 12.2. The number of carbonyl (C=O) groups is 1. The lowest BCUT2D eigenvalue weighted by Crippen LogP contribution is -2.47. The lowest BCUT2D eigenvalue weighted by Gasteiger charge is -2.32. The molecule has 1 fully saturated rings. The van der Waals surface area contributed by atoms with Crippen molar-refractivity contribution in [3.05, 3.63) is 35.6 Å². The summed E-state index contributed by atoms with van der Waals surface area (Å²) < 4.78 is 13.0. The van der Waals surface area contributed by atoms with Crippen LogP contribution in [-0.4, -0.2) is 29.8 Å². The Hall–Kier alpha value is -1.62. The van der Waals surface area contributed by atoms with Gasteiger partial charge in [-0.05, 0) is 37.0 Å². The van der Waals surface area contributed by atoms with E-state index in [1.54, 1.807) is 6.07 Å². The second-order valence-electron chi connectivity index (χ2n) is 5.77. The molecule has 5 heteroatoms. The molecule has 1 aliphatic carbocycles. The maximum atomic E-state index is 13.0. The van der Waals surface area contributed by atoms with Crippen molar-refractivity contribution in [1.82, 2.24) is 10.6 Å². The molecule has 0 saturated heterocycles. The number of rotatable bonds is 5. The number of urea groups is 1. The van der Waals surface area contributed by atoms with Crippen LogP contribution in [0.15, 0.2) is 24.3 Å². The van der Waals surface area contributed by atoms with E-state index in [9.17, 15) is 14.3 Å². The summed E-state index contributed by atoms with van der Waals surface area (Å²) in [6, 6.07) is 6.06. The molecule has 3 N–H and O–H groups in total. The molecule has 0 aromatic heterocycles. The summed E-state index contributed by atoms with van der Waals surface area (Å²) in [4.78, 5) is 11.7. The highest BCUT2D eigenvalue weighted by Crippen LogP contribution is 2.27. The predicted octanol–water partition coefficient (Wildman–Crippen LogP) is 2.36. The first-order chi connectivity index (χ1) is 10.1. The third kappa shape index (κ3) is 5.34. The van der Waals surface area contributed by atoms with Gasteiger partial charge < -0.3 is 15.7 Å². The van der Waals surface area contributed by atoms with Crippen molar-refractivity contribution < 1.29 is 14.3 Å². The molecule has 0 spiro atoms. The van der Waals surface area contributed by atoms with E-state index < -0.39 is 5.60 Å². The van der Waals surface area contributed by atoms with Crippen LogP contribution in [0.5, 0.6) is 0 Å². The van der Waals surface area contributed by atoms with Crippen molar-refractivity contribution in [3.63, 3.8) is 0 Å². The van der Waals surface area contributed by atoms with E-state index >= 15 is 0 Å². The van der Waals surface area contributed by atoms with Crippen LogP contribution in [0.4, 0.5) is 9.18 Å². The van der Waals surface area contributed by atoms with E-state index in [1.165, 1.54) is 12.1 Å². The van der Waals surface area contributed by atoms with E-state index in [-0.39, 0.29) is 11.8 Å². The molecule has 0 heterocycles. The Bertz CT molecular complexity index is 473. The fourth-order valence-corrected chi connectivity index (χ4v) is 2.71. The molecule has 0 atom stereocenters. The van der Waals surface area contributed by atoms with Crippen LogP contribution in [-0.2, 0) is 6.42 Å². The Balaban J connectivity index is 1.65. The van der Waals surface area contributed by atoms with Crippen molar-refractivity contribution in [2.75, 3.05) is 13.1 Å². The zero-order chi connectivity index (χ0) is 15.1. The summed E-state index contributed by atoms with van der Waals surface area (Å²) in [6.07, 6.45) is 5.25. The van der Waals surface area contributed by atoms with E-state index in [0.29, 0.717) is 19.5 Å². The topological polar surface area (TPSA) is 61.4 Å². The minimum Gasteiger partial charge on any atom is -0.388 e. The summed E-state index contributed by atoms with van der Waals surface area (Å²) in [5.41, 5.74) is 0.0965. The zero-order valence-electron chi connectivity index (χ0n) is 12.2. The van der Waals surface area contributed by atoms with Gasteiger partial charge in [-0.25, -0.2) is 9.18 Å². The highest BCUT2D eigenvalue weighted by molar-refractivity contribution is 5.73. The van der Waals surface area contributed by atoms with Crippen LogP contribution < -0.4 is 10.6 Å². The molecule has 1 aromatic carbocycles. The number of hydrogen-bond donors (Lipinski definition) is 3. The summed E-state index contributed by atoms with van der Waals surface area (Å²) in [7, 11) is 0. The van der Waals surface area contributed by atoms with Gasteiger partial charge in [-0.3, -0.25) is 0 Å². The molecular formula is C16H23FN2O2. The Labute approximate surface area is 124 Å². The second kappa shape index (κ2) is 7.41. The molecule has 2 amide bonds. The van der Waals surface area contributed by atoms with E-state index in [0.717, 1.165) is 37.7 Å². The van der Waals surface area contributed by atoms with Crippen LogP contribution in [0.25, 0.3) is 0 Å². The number of nitrogens with one attached hydrogen (secondary N) is 2. The monoisotopic (exact) mass is 294 g/mol. The molecular weight excluding hydrogens is 271 g/mol. The molecule has 1 aliphatic rings. The predicted molar refractivity (Wildman–Crippen MR) is 79.5 cm³/mol. The van der Waals surface area contributed by atoms with Crippen LogP contribution >= 0.6 is 0 Å². The van der Waals surface area contributed by atoms with Crippen molar-refractivity contribution in [2.24, 2.45) is 0 Å². The van der Waals surface area contributed by atoms with Gasteiger partial charge in [0.2, 0.25) is 0 Å². The quantitative estimate of drug-likeness (QED) is 0.780. The number of aliphatic hydroxyl groups is 1. The summed E-state index contributed by atoms with van der Waals surface area (Å²) in [5.74, 6) is -0.267. The van der Waals surface area contributed by atoms with Crippen molar-refractivity contribution >= 4 is 6.03 Å². The summed E-state index contributed by atoms with van der Waals surface area (Å²) in [5, 5.41) is 15.7. The lowest BCUT2D eigenvalue weighted by molar-refractivity contribution is 0.00720. The van der Waals surface area contributed by atoms with Crippen LogP contribution in [0.3, 0.4) is 0 Å². The third-order valence-corrected chi connectivity index (χ3v) is 3.95. The Morgan fingerprint density at radius 1 is 1.24 bits per heavy atom. The van der Waals surface area contributed by atoms with Gasteiger partial charge in [-0.2, -0.15) is 0 Å². The molecule has 1 aromatic rings. The van der Waals surface area contributed by atoms with Crippen molar-refractivity contribution in [1.29, 1.82) is 0 Å². The van der Waals surface area contributed by atoms with Gasteiger partial charge in [0, 0.05) is 13.1 Å². The summed E-state index contributed by atoms with van der Waals surface area (Å²) >= 11 is 0. The van der Waals surface area contributed by atoms with Crippen molar-refractivity contribution in [3.8, 4) is 0 Å². The van der Waals surface area contributed by atoms with Gasteiger partial charge in [0.25, 0.3) is 0 Å². The average molecular weight is 294 g/mol. The summed E-state index contributed by atoms with van der Waals surface area (Å²) in [6.45, 7) is 0.729. The molecule has 0 radical (unpaired) electrons. The first-order valence-electron chi connectivity index (χ1n) is 7.56. The van der Waals surface area contributed by atoms with Crippen LogP contribution in [0.2, 0.25) is 0 Å². The largest absolute Gasteiger partial charge is 0.388 e. The van der Waals surface area contributed by atoms with Gasteiger partial charge in [0.15, 0.2) is 0 Å². The molecule has 1 saturated carbocycles. The Morgan fingerprint density at radius 3 is 2.71 bits per heavy atom. The third-order valence-electron chi connectivity index (χ3n) is 3.95. The van der Waals surface area contributed by atoms with Crippen LogP contribution in [0, 0.1) is 5.82 Å². The molecule has 4 nitrogen and oxygen atoms in total. The molecule has 21 heavy (non-hydrogen) atoms. The highest BCUT2D eigenvalue weighted by atomic mass is 19.1. The highest BCUT2D eigenvalue weighted by Gasteiger charge is 2.29. The maximum absolute atomic E-state index is 13.0. The van der Waals surface area contributed by atoms with Gasteiger partial charge in [0.1, 0.15) is 5.82 Å². The van der Waals surface area contributed by atoms with Gasteiger partial charge in [0.05, 0.1) is 5.60 Å². The molecule has 0 unspecified atom stereocenters. The number of halogens is 1. The fraction of sp³-hybridized carbons (Fsp3) is 0.562. The number of hydrogen-bond acceptors (Lipinski definition) is 2. The van der Waals surface area contributed by atoms with E-state index in [2.05, 4.69) is 10.6 Å². The molecule has 2 rings (SSSR count). The fourth-order valence-electron chi connectivity index (χ4n) is 2.71.